The van der Waals surface area contributed by atoms with E-state index in [1.165, 1.54) is 6.42 Å². The molecule has 2 N–H and O–H groups in total. The van der Waals surface area contributed by atoms with Gasteiger partial charge in [-0.05, 0) is 25.7 Å². The van der Waals surface area contributed by atoms with Crippen LogP contribution in [0.25, 0.3) is 0 Å². The molecule has 1 aromatic heterocycles. The van der Waals surface area contributed by atoms with Crippen LogP contribution in [0.1, 0.15) is 39.5 Å². The summed E-state index contributed by atoms with van der Waals surface area (Å²) in [5, 5.41) is 5.93. The Morgan fingerprint density at radius 3 is 2.58 bits per heavy atom. The SMILES string of the molecule is CCNc1nc(NC2CCCCC2C)c(F)cc1F. The second kappa shape index (κ2) is 6.17. The van der Waals surface area contributed by atoms with Gasteiger partial charge < -0.3 is 10.6 Å². The predicted molar refractivity (Wildman–Crippen MR) is 73.4 cm³/mol. The van der Waals surface area contributed by atoms with E-state index in [-0.39, 0.29) is 17.7 Å². The van der Waals surface area contributed by atoms with Gasteiger partial charge >= 0.3 is 0 Å². The Kier molecular flexibility index (Phi) is 4.56. The first-order chi connectivity index (χ1) is 9.11. The van der Waals surface area contributed by atoms with E-state index in [2.05, 4.69) is 22.5 Å². The second-order valence-electron chi connectivity index (χ2n) is 5.19. The van der Waals surface area contributed by atoms with E-state index in [0.29, 0.717) is 12.5 Å². The number of halogens is 2. The van der Waals surface area contributed by atoms with Crippen LogP contribution in [0.2, 0.25) is 0 Å². The standard InChI is InChI=1S/C14H21F2N3/c1-3-17-13-10(15)8-11(16)14(19-13)18-12-7-5-4-6-9(12)2/h8-9,12H,3-7H2,1-2H3,(H2,17,18,19). The lowest BCUT2D eigenvalue weighted by Crippen LogP contribution is -2.31. The Hall–Kier alpha value is -1.39. The quantitative estimate of drug-likeness (QED) is 0.873. The summed E-state index contributed by atoms with van der Waals surface area (Å²) in [5.41, 5.74) is 0. The van der Waals surface area contributed by atoms with Gasteiger partial charge in [-0.3, -0.25) is 0 Å². The van der Waals surface area contributed by atoms with E-state index >= 15 is 0 Å². The van der Waals surface area contributed by atoms with Crippen LogP contribution in [0.5, 0.6) is 0 Å². The number of hydrogen-bond donors (Lipinski definition) is 2. The summed E-state index contributed by atoms with van der Waals surface area (Å²) in [6.45, 7) is 4.55. The number of rotatable bonds is 4. The molecule has 0 aromatic carbocycles. The smallest absolute Gasteiger partial charge is 0.168 e. The number of aromatic nitrogens is 1. The van der Waals surface area contributed by atoms with E-state index in [0.717, 1.165) is 25.3 Å². The largest absolute Gasteiger partial charge is 0.368 e. The van der Waals surface area contributed by atoms with Crippen molar-refractivity contribution >= 4 is 11.6 Å². The molecule has 3 nitrogen and oxygen atoms in total. The zero-order chi connectivity index (χ0) is 13.8. The molecule has 1 aliphatic carbocycles. The maximum absolute atomic E-state index is 13.8. The third kappa shape index (κ3) is 3.33. The van der Waals surface area contributed by atoms with Crippen LogP contribution in [-0.2, 0) is 0 Å². The van der Waals surface area contributed by atoms with Crippen LogP contribution in [-0.4, -0.2) is 17.6 Å². The molecule has 0 aliphatic heterocycles. The van der Waals surface area contributed by atoms with E-state index in [4.69, 9.17) is 0 Å². The van der Waals surface area contributed by atoms with Gasteiger partial charge in [0.1, 0.15) is 0 Å². The third-order valence-corrected chi connectivity index (χ3v) is 3.71. The highest BCUT2D eigenvalue weighted by molar-refractivity contribution is 5.48. The van der Waals surface area contributed by atoms with Gasteiger partial charge in [-0.1, -0.05) is 19.8 Å². The first-order valence-electron chi connectivity index (χ1n) is 6.98. The fourth-order valence-electron chi connectivity index (χ4n) is 2.57. The zero-order valence-corrected chi connectivity index (χ0v) is 11.5. The minimum Gasteiger partial charge on any atom is -0.368 e. The van der Waals surface area contributed by atoms with E-state index < -0.39 is 11.6 Å². The van der Waals surface area contributed by atoms with Crippen LogP contribution in [0.4, 0.5) is 20.4 Å². The molecule has 0 saturated heterocycles. The highest BCUT2D eigenvalue weighted by Crippen LogP contribution is 2.28. The Labute approximate surface area is 112 Å². The maximum atomic E-state index is 13.8. The molecule has 0 bridgehead atoms. The molecule has 2 atom stereocenters. The van der Waals surface area contributed by atoms with Gasteiger partial charge in [0.25, 0.3) is 0 Å². The van der Waals surface area contributed by atoms with Crippen LogP contribution in [0.3, 0.4) is 0 Å². The number of hydrogen-bond acceptors (Lipinski definition) is 3. The summed E-state index contributed by atoms with van der Waals surface area (Å²) in [7, 11) is 0. The highest BCUT2D eigenvalue weighted by Gasteiger charge is 2.23. The molecule has 0 radical (unpaired) electrons. The Bertz CT molecular complexity index is 437. The van der Waals surface area contributed by atoms with Crippen molar-refractivity contribution in [1.82, 2.24) is 4.98 Å². The lowest BCUT2D eigenvalue weighted by atomic mass is 9.86. The molecule has 1 fully saturated rings. The number of pyridine rings is 1. The van der Waals surface area contributed by atoms with Gasteiger partial charge in [0, 0.05) is 18.7 Å². The fourth-order valence-corrected chi connectivity index (χ4v) is 2.57. The van der Waals surface area contributed by atoms with Gasteiger partial charge in [0.15, 0.2) is 23.3 Å². The lowest BCUT2D eigenvalue weighted by molar-refractivity contribution is 0.348. The van der Waals surface area contributed by atoms with Crippen LogP contribution >= 0.6 is 0 Å². The fraction of sp³-hybridized carbons (Fsp3) is 0.643. The minimum atomic E-state index is -0.651. The van der Waals surface area contributed by atoms with Gasteiger partial charge in [0.05, 0.1) is 0 Å². The molecule has 1 aliphatic rings. The number of nitrogens with one attached hydrogen (secondary N) is 2. The molecular weight excluding hydrogens is 248 g/mol. The molecule has 0 spiro atoms. The monoisotopic (exact) mass is 269 g/mol. The topological polar surface area (TPSA) is 37.0 Å². The van der Waals surface area contributed by atoms with Crippen LogP contribution in [0.15, 0.2) is 6.07 Å². The van der Waals surface area contributed by atoms with Crippen LogP contribution in [0, 0.1) is 17.6 Å². The van der Waals surface area contributed by atoms with E-state index in [1.54, 1.807) is 0 Å². The minimum absolute atomic E-state index is 0.106. The third-order valence-electron chi connectivity index (χ3n) is 3.71. The normalized spacial score (nSPS) is 23.2. The van der Waals surface area contributed by atoms with Crippen molar-refractivity contribution in [3.05, 3.63) is 17.7 Å². The van der Waals surface area contributed by atoms with Crippen molar-refractivity contribution in [2.75, 3.05) is 17.2 Å². The molecule has 106 valence electrons. The van der Waals surface area contributed by atoms with Crippen molar-refractivity contribution < 1.29 is 8.78 Å². The van der Waals surface area contributed by atoms with Crippen molar-refractivity contribution in [3.63, 3.8) is 0 Å². The highest BCUT2D eigenvalue weighted by atomic mass is 19.1. The first kappa shape index (κ1) is 14.0. The number of nitrogens with zero attached hydrogens (tertiary/aromatic N) is 1. The molecule has 5 heteroatoms. The van der Waals surface area contributed by atoms with Crippen molar-refractivity contribution in [3.8, 4) is 0 Å². The van der Waals surface area contributed by atoms with Gasteiger partial charge in [-0.2, -0.15) is 0 Å². The molecule has 19 heavy (non-hydrogen) atoms. The van der Waals surface area contributed by atoms with Gasteiger partial charge in [0.2, 0.25) is 0 Å². The second-order valence-corrected chi connectivity index (χ2v) is 5.19. The maximum Gasteiger partial charge on any atom is 0.168 e. The summed E-state index contributed by atoms with van der Waals surface area (Å²) < 4.78 is 27.2. The summed E-state index contributed by atoms with van der Waals surface area (Å²) in [4.78, 5) is 4.02. The average molecular weight is 269 g/mol. The van der Waals surface area contributed by atoms with Crippen LogP contribution < -0.4 is 10.6 Å². The number of anilines is 2. The zero-order valence-electron chi connectivity index (χ0n) is 11.5. The Morgan fingerprint density at radius 2 is 1.89 bits per heavy atom. The first-order valence-corrected chi connectivity index (χ1v) is 6.98. The predicted octanol–water partition coefficient (Wildman–Crippen LogP) is 3.78. The molecular formula is C14H21F2N3. The summed E-state index contributed by atoms with van der Waals surface area (Å²) in [6, 6.07) is 1.11. The Morgan fingerprint density at radius 1 is 1.21 bits per heavy atom. The van der Waals surface area contributed by atoms with Gasteiger partial charge in [-0.15, -0.1) is 0 Å². The van der Waals surface area contributed by atoms with Crippen molar-refractivity contribution in [2.24, 2.45) is 5.92 Å². The van der Waals surface area contributed by atoms with E-state index in [9.17, 15) is 8.78 Å². The summed E-state index contributed by atoms with van der Waals surface area (Å²) in [6.07, 6.45) is 4.52. The molecule has 1 heterocycles. The molecule has 0 amide bonds. The molecule has 1 saturated carbocycles. The lowest BCUT2D eigenvalue weighted by Gasteiger charge is -2.30. The average Bonchev–Trinajstić information content (AvgIpc) is 2.38. The molecule has 2 rings (SSSR count). The molecule has 2 unspecified atom stereocenters. The Balaban J connectivity index is 2.16. The van der Waals surface area contributed by atoms with E-state index in [1.807, 2.05) is 6.92 Å². The molecule has 1 aromatic rings. The summed E-state index contributed by atoms with van der Waals surface area (Å²) in [5.74, 6) is -0.535. The van der Waals surface area contributed by atoms with Crippen molar-refractivity contribution in [1.29, 1.82) is 0 Å². The van der Waals surface area contributed by atoms with Gasteiger partial charge in [-0.25, -0.2) is 13.8 Å². The van der Waals surface area contributed by atoms with Crippen molar-refractivity contribution in [2.45, 2.75) is 45.6 Å². The summed E-state index contributed by atoms with van der Waals surface area (Å²) >= 11 is 0.